The first-order chi connectivity index (χ1) is 14.0. The van der Waals surface area contributed by atoms with Crippen LogP contribution in [0.3, 0.4) is 0 Å². The molecule has 148 valence electrons. The van der Waals surface area contributed by atoms with Gasteiger partial charge >= 0.3 is 0 Å². The highest BCUT2D eigenvalue weighted by Crippen LogP contribution is 2.40. The Morgan fingerprint density at radius 3 is 2.55 bits per heavy atom. The molecule has 4 rings (SSSR count). The van der Waals surface area contributed by atoms with Gasteiger partial charge in [-0.15, -0.1) is 0 Å². The Morgan fingerprint density at radius 1 is 1.17 bits per heavy atom. The number of carbonyl (C=O) groups is 1. The molecule has 0 saturated carbocycles. The van der Waals surface area contributed by atoms with Gasteiger partial charge < -0.3 is 19.5 Å². The molecule has 6 heteroatoms. The average molecular weight is 392 g/mol. The number of carbonyl (C=O) groups excluding carboxylic acids is 1. The fraction of sp³-hybridized carbons (Fsp3) is 0.174. The van der Waals surface area contributed by atoms with Crippen molar-refractivity contribution in [3.63, 3.8) is 0 Å². The van der Waals surface area contributed by atoms with Gasteiger partial charge in [0.15, 0.2) is 0 Å². The summed E-state index contributed by atoms with van der Waals surface area (Å²) in [6.07, 6.45) is 1.79. The van der Waals surface area contributed by atoms with Gasteiger partial charge in [0, 0.05) is 35.5 Å². The van der Waals surface area contributed by atoms with Crippen molar-refractivity contribution in [2.45, 2.75) is 20.0 Å². The van der Waals surface area contributed by atoms with E-state index in [1.807, 2.05) is 44.3 Å². The Labute approximate surface area is 167 Å². The largest absolute Gasteiger partial charge is 0.490 e. The normalized spacial score (nSPS) is 11.2. The lowest BCUT2D eigenvalue weighted by atomic mass is 10.0. The van der Waals surface area contributed by atoms with E-state index in [4.69, 9.17) is 9.15 Å². The van der Waals surface area contributed by atoms with Crippen molar-refractivity contribution in [3.8, 4) is 28.3 Å². The maximum atomic E-state index is 13.4. The van der Waals surface area contributed by atoms with E-state index in [1.54, 1.807) is 19.2 Å². The van der Waals surface area contributed by atoms with Gasteiger partial charge in [0.1, 0.15) is 22.9 Å². The number of halogens is 1. The highest BCUT2D eigenvalue weighted by molar-refractivity contribution is 6.12. The van der Waals surface area contributed by atoms with Crippen molar-refractivity contribution >= 4 is 16.9 Å². The van der Waals surface area contributed by atoms with Gasteiger partial charge in [-0.25, -0.2) is 4.39 Å². The van der Waals surface area contributed by atoms with Gasteiger partial charge in [0.2, 0.25) is 0 Å². The number of amides is 1. The van der Waals surface area contributed by atoms with E-state index >= 15 is 0 Å². The number of hydrogen-bond acceptors (Lipinski definition) is 3. The quantitative estimate of drug-likeness (QED) is 0.479. The summed E-state index contributed by atoms with van der Waals surface area (Å²) >= 11 is 0. The predicted molar refractivity (Wildman–Crippen MR) is 111 cm³/mol. The van der Waals surface area contributed by atoms with Crippen molar-refractivity contribution in [3.05, 3.63) is 66.1 Å². The van der Waals surface area contributed by atoms with Crippen LogP contribution in [0.2, 0.25) is 0 Å². The summed E-state index contributed by atoms with van der Waals surface area (Å²) in [7, 11) is 1.56. The minimum atomic E-state index is -0.354. The highest BCUT2D eigenvalue weighted by atomic mass is 19.1. The van der Waals surface area contributed by atoms with Crippen LogP contribution in [0, 0.1) is 5.82 Å². The first kappa shape index (κ1) is 18.8. The lowest BCUT2D eigenvalue weighted by molar-refractivity contribution is 0.0964. The molecular formula is C23H21FN2O3. The zero-order valence-electron chi connectivity index (χ0n) is 16.4. The van der Waals surface area contributed by atoms with Crippen LogP contribution in [0.4, 0.5) is 4.39 Å². The van der Waals surface area contributed by atoms with Crippen molar-refractivity contribution in [1.29, 1.82) is 0 Å². The van der Waals surface area contributed by atoms with Crippen LogP contribution in [0.1, 0.15) is 24.2 Å². The minimum absolute atomic E-state index is 0.0481. The van der Waals surface area contributed by atoms with E-state index < -0.39 is 0 Å². The van der Waals surface area contributed by atoms with Crippen LogP contribution in [-0.2, 0) is 0 Å². The number of hydrogen-bond donors (Lipinski definition) is 2. The van der Waals surface area contributed by atoms with E-state index in [0.29, 0.717) is 33.6 Å². The summed E-state index contributed by atoms with van der Waals surface area (Å²) in [5.74, 6) is 0.393. The van der Waals surface area contributed by atoms with Gasteiger partial charge in [0.25, 0.3) is 5.91 Å². The van der Waals surface area contributed by atoms with Gasteiger partial charge in [-0.1, -0.05) is 0 Å². The first-order valence-electron chi connectivity index (χ1n) is 9.37. The standard InChI is InChI=1S/C23H21FN2O3/c1-13(2)28-19-12-17-20(11-16(19)18-5-4-10-26-18)29-22(21(17)23(27)25-3)14-6-8-15(24)9-7-14/h4-13,26H,1-3H3,(H,25,27). The second-order valence-corrected chi connectivity index (χ2v) is 6.99. The Bertz CT molecular complexity index is 1160. The molecule has 0 radical (unpaired) electrons. The zero-order chi connectivity index (χ0) is 20.5. The van der Waals surface area contributed by atoms with E-state index in [0.717, 1.165) is 11.3 Å². The molecule has 0 aliphatic heterocycles. The van der Waals surface area contributed by atoms with Crippen molar-refractivity contribution in [2.24, 2.45) is 0 Å². The number of H-pyrrole nitrogens is 1. The Morgan fingerprint density at radius 2 is 1.93 bits per heavy atom. The molecule has 0 aliphatic rings. The fourth-order valence-electron chi connectivity index (χ4n) is 3.34. The molecule has 2 N–H and O–H groups in total. The van der Waals surface area contributed by atoms with Crippen LogP contribution in [0.15, 0.2) is 59.1 Å². The van der Waals surface area contributed by atoms with Crippen LogP contribution in [-0.4, -0.2) is 24.0 Å². The van der Waals surface area contributed by atoms with Crippen molar-refractivity contribution < 1.29 is 18.3 Å². The summed E-state index contributed by atoms with van der Waals surface area (Å²) in [6.45, 7) is 3.89. The number of fused-ring (bicyclic) bond motifs is 1. The lowest BCUT2D eigenvalue weighted by Gasteiger charge is -2.14. The Kier molecular flexibility index (Phi) is 4.84. The zero-order valence-corrected chi connectivity index (χ0v) is 16.4. The van der Waals surface area contributed by atoms with Crippen molar-refractivity contribution in [2.75, 3.05) is 7.05 Å². The number of ether oxygens (including phenoxy) is 1. The smallest absolute Gasteiger partial charge is 0.255 e. The van der Waals surface area contributed by atoms with Gasteiger partial charge in [0.05, 0.1) is 11.7 Å². The second kappa shape index (κ2) is 7.47. The molecule has 1 amide bonds. The SMILES string of the molecule is CNC(=O)c1c(-c2ccc(F)cc2)oc2cc(-c3ccc[nH]3)c(OC(C)C)cc12. The summed E-state index contributed by atoms with van der Waals surface area (Å²) in [5.41, 5.74) is 3.26. The maximum Gasteiger partial charge on any atom is 0.255 e. The molecule has 0 spiro atoms. The summed E-state index contributed by atoms with van der Waals surface area (Å²) in [6, 6.07) is 13.4. The van der Waals surface area contributed by atoms with Crippen molar-refractivity contribution in [1.82, 2.24) is 10.3 Å². The van der Waals surface area contributed by atoms with Crippen LogP contribution < -0.4 is 10.1 Å². The van der Waals surface area contributed by atoms with Crippen LogP contribution in [0.25, 0.3) is 33.6 Å². The molecule has 2 aromatic carbocycles. The Hall–Kier alpha value is -3.54. The fourth-order valence-corrected chi connectivity index (χ4v) is 3.34. The predicted octanol–water partition coefficient (Wildman–Crippen LogP) is 5.38. The number of rotatable bonds is 5. The van der Waals surface area contributed by atoms with Gasteiger partial charge in [-0.2, -0.15) is 0 Å². The second-order valence-electron chi connectivity index (χ2n) is 6.99. The monoisotopic (exact) mass is 392 g/mol. The molecule has 0 unspecified atom stereocenters. The molecule has 0 atom stereocenters. The third-order valence-electron chi connectivity index (χ3n) is 4.60. The average Bonchev–Trinajstić information content (AvgIpc) is 3.34. The Balaban J connectivity index is 2.00. The molecule has 2 aromatic heterocycles. The highest BCUT2D eigenvalue weighted by Gasteiger charge is 2.24. The third-order valence-corrected chi connectivity index (χ3v) is 4.60. The van der Waals surface area contributed by atoms with E-state index in [9.17, 15) is 9.18 Å². The number of furan rings is 1. The van der Waals surface area contributed by atoms with E-state index in [-0.39, 0.29) is 17.8 Å². The van der Waals surface area contributed by atoms with Gasteiger partial charge in [-0.05, 0) is 62.4 Å². The molecule has 0 fully saturated rings. The molecule has 5 nitrogen and oxygen atoms in total. The van der Waals surface area contributed by atoms with E-state index in [2.05, 4.69) is 10.3 Å². The number of aromatic nitrogens is 1. The molecule has 0 bridgehead atoms. The summed E-state index contributed by atoms with van der Waals surface area (Å²) in [4.78, 5) is 15.9. The molecule has 0 aliphatic carbocycles. The first-order valence-corrected chi connectivity index (χ1v) is 9.37. The molecule has 4 aromatic rings. The van der Waals surface area contributed by atoms with Gasteiger partial charge in [-0.3, -0.25) is 4.79 Å². The number of aromatic amines is 1. The molecule has 29 heavy (non-hydrogen) atoms. The topological polar surface area (TPSA) is 67.3 Å². The number of benzene rings is 2. The van der Waals surface area contributed by atoms with Crippen LogP contribution in [0.5, 0.6) is 5.75 Å². The molecular weight excluding hydrogens is 371 g/mol. The van der Waals surface area contributed by atoms with Crippen LogP contribution >= 0.6 is 0 Å². The summed E-state index contributed by atoms with van der Waals surface area (Å²) < 4.78 is 25.5. The molecule has 0 saturated heterocycles. The van der Waals surface area contributed by atoms with E-state index in [1.165, 1.54) is 12.1 Å². The maximum absolute atomic E-state index is 13.4. The number of nitrogens with one attached hydrogen (secondary N) is 2. The third kappa shape index (κ3) is 3.49. The minimum Gasteiger partial charge on any atom is -0.490 e. The lowest BCUT2D eigenvalue weighted by Crippen LogP contribution is -2.18. The molecule has 2 heterocycles. The summed E-state index contributed by atoms with van der Waals surface area (Å²) in [5, 5.41) is 3.30.